The van der Waals surface area contributed by atoms with Crippen molar-refractivity contribution in [3.63, 3.8) is 0 Å². The van der Waals surface area contributed by atoms with E-state index in [2.05, 4.69) is 5.32 Å². The molecule has 5 heteroatoms. The lowest BCUT2D eigenvalue weighted by Crippen LogP contribution is -2.22. The number of ether oxygens (including phenoxy) is 1. The third kappa shape index (κ3) is 6.51. The van der Waals surface area contributed by atoms with Crippen molar-refractivity contribution in [2.45, 2.75) is 20.3 Å². The molecule has 1 amide bonds. The van der Waals surface area contributed by atoms with Crippen molar-refractivity contribution in [1.82, 2.24) is 5.32 Å². The van der Waals surface area contributed by atoms with Crippen LogP contribution >= 0.6 is 0 Å². The predicted molar refractivity (Wildman–Crippen MR) is 78.9 cm³/mol. The topological polar surface area (TPSA) is 72.5 Å². The van der Waals surface area contributed by atoms with Gasteiger partial charge >= 0.3 is 5.97 Å². The van der Waals surface area contributed by atoms with E-state index in [1.54, 1.807) is 25.1 Å². The van der Waals surface area contributed by atoms with E-state index < -0.39 is 5.97 Å². The minimum atomic E-state index is -0.530. The Morgan fingerprint density at radius 3 is 2.43 bits per heavy atom. The van der Waals surface area contributed by atoms with Crippen molar-refractivity contribution in [1.29, 1.82) is 0 Å². The molecule has 1 aromatic rings. The molecule has 0 aromatic heterocycles. The molecule has 112 valence electrons. The van der Waals surface area contributed by atoms with Gasteiger partial charge in [0.2, 0.25) is 5.91 Å². The average molecular weight is 289 g/mol. The summed E-state index contributed by atoms with van der Waals surface area (Å²) in [5, 5.41) is 2.71. The number of nitrogens with one attached hydrogen (secondary N) is 1. The normalized spacial score (nSPS) is 10.4. The molecular formula is C16H19NO4. The molecule has 0 bridgehead atoms. The van der Waals surface area contributed by atoms with Crippen molar-refractivity contribution in [2.75, 3.05) is 13.2 Å². The van der Waals surface area contributed by atoms with Gasteiger partial charge in [0.1, 0.15) is 0 Å². The van der Waals surface area contributed by atoms with Crippen LogP contribution in [0.25, 0.3) is 0 Å². The zero-order valence-corrected chi connectivity index (χ0v) is 12.2. The van der Waals surface area contributed by atoms with Crippen molar-refractivity contribution in [3.05, 3.63) is 47.5 Å². The van der Waals surface area contributed by atoms with Gasteiger partial charge in [-0.1, -0.05) is 30.3 Å². The van der Waals surface area contributed by atoms with Gasteiger partial charge in [0, 0.05) is 25.1 Å². The van der Waals surface area contributed by atoms with E-state index in [1.165, 1.54) is 13.0 Å². The summed E-state index contributed by atoms with van der Waals surface area (Å²) in [6.07, 6.45) is 3.51. The number of benzene rings is 1. The van der Waals surface area contributed by atoms with Crippen molar-refractivity contribution in [3.8, 4) is 0 Å². The highest BCUT2D eigenvalue weighted by molar-refractivity contribution is 5.98. The Bertz CT molecular complexity index is 532. The molecule has 0 aliphatic carbocycles. The molecule has 1 N–H and O–H groups in total. The number of rotatable bonds is 7. The molecule has 1 aromatic carbocycles. The molecule has 0 aliphatic heterocycles. The predicted octanol–water partition coefficient (Wildman–Crippen LogP) is 1.67. The van der Waals surface area contributed by atoms with Crippen LogP contribution in [0.1, 0.15) is 29.8 Å². The summed E-state index contributed by atoms with van der Waals surface area (Å²) >= 11 is 0. The molecule has 0 radical (unpaired) electrons. The summed E-state index contributed by atoms with van der Waals surface area (Å²) in [6, 6.07) is 7.02. The maximum Gasteiger partial charge on any atom is 0.330 e. The Labute approximate surface area is 124 Å². The van der Waals surface area contributed by atoms with Gasteiger partial charge in [0.15, 0.2) is 12.4 Å². The first-order valence-corrected chi connectivity index (χ1v) is 6.69. The summed E-state index contributed by atoms with van der Waals surface area (Å²) in [5.74, 6) is -0.844. The molecule has 0 unspecified atom stereocenters. The molecular weight excluding hydrogens is 270 g/mol. The first-order chi connectivity index (χ1) is 10.0. The van der Waals surface area contributed by atoms with Gasteiger partial charge in [-0.3, -0.25) is 9.59 Å². The van der Waals surface area contributed by atoms with E-state index in [9.17, 15) is 14.4 Å². The van der Waals surface area contributed by atoms with Crippen molar-refractivity contribution >= 4 is 17.7 Å². The number of carbonyl (C=O) groups is 3. The van der Waals surface area contributed by atoms with E-state index in [4.69, 9.17) is 4.74 Å². The zero-order valence-electron chi connectivity index (χ0n) is 12.2. The summed E-state index contributed by atoms with van der Waals surface area (Å²) in [7, 11) is 0. The first kappa shape index (κ1) is 16.6. The SMILES string of the molecule is C/C=C/C(=O)OCC(=O)c1ccc(CCNC(C)=O)cc1. The minimum absolute atomic E-state index is 0.0651. The standard InChI is InChI=1S/C16H19NO4/c1-3-4-16(20)21-11-15(19)14-7-5-13(6-8-14)9-10-17-12(2)18/h3-8H,9-11H2,1-2H3,(H,17,18)/b4-3+. The monoisotopic (exact) mass is 289 g/mol. The molecule has 0 spiro atoms. The van der Waals surface area contributed by atoms with Crippen LogP contribution in [0, 0.1) is 0 Å². The molecule has 0 saturated heterocycles. The number of Topliss-reactive ketones (excluding diaryl/α,β-unsaturated/α-hetero) is 1. The van der Waals surface area contributed by atoms with Crippen molar-refractivity contribution in [2.24, 2.45) is 0 Å². The minimum Gasteiger partial charge on any atom is -0.454 e. The Hall–Kier alpha value is -2.43. The van der Waals surface area contributed by atoms with E-state index in [-0.39, 0.29) is 18.3 Å². The van der Waals surface area contributed by atoms with Crippen LogP contribution in [0.4, 0.5) is 0 Å². The lowest BCUT2D eigenvalue weighted by Gasteiger charge is -2.05. The number of hydrogen-bond acceptors (Lipinski definition) is 4. The Morgan fingerprint density at radius 1 is 1.19 bits per heavy atom. The average Bonchev–Trinajstić information content (AvgIpc) is 2.45. The van der Waals surface area contributed by atoms with Gasteiger partial charge in [0.05, 0.1) is 0 Å². The van der Waals surface area contributed by atoms with E-state index in [0.717, 1.165) is 5.56 Å². The number of hydrogen-bond donors (Lipinski definition) is 1. The van der Waals surface area contributed by atoms with Gasteiger partial charge in [-0.25, -0.2) is 4.79 Å². The zero-order chi connectivity index (χ0) is 15.7. The maximum absolute atomic E-state index is 11.8. The Balaban J connectivity index is 2.47. The molecule has 5 nitrogen and oxygen atoms in total. The molecule has 0 atom stereocenters. The van der Waals surface area contributed by atoms with Gasteiger partial charge in [-0.15, -0.1) is 0 Å². The number of allylic oxidation sites excluding steroid dienone is 1. The fraction of sp³-hybridized carbons (Fsp3) is 0.312. The highest BCUT2D eigenvalue weighted by Gasteiger charge is 2.08. The van der Waals surface area contributed by atoms with Crippen LogP contribution in [0.3, 0.4) is 0 Å². The smallest absolute Gasteiger partial charge is 0.330 e. The second kappa shape index (κ2) is 8.68. The van der Waals surface area contributed by atoms with Gasteiger partial charge in [-0.2, -0.15) is 0 Å². The molecule has 0 heterocycles. The first-order valence-electron chi connectivity index (χ1n) is 6.69. The van der Waals surface area contributed by atoms with Crippen LogP contribution in [0.15, 0.2) is 36.4 Å². The van der Waals surface area contributed by atoms with Crippen LogP contribution in [-0.4, -0.2) is 30.8 Å². The van der Waals surface area contributed by atoms with Gasteiger partial charge < -0.3 is 10.1 Å². The molecule has 0 saturated carbocycles. The summed E-state index contributed by atoms with van der Waals surface area (Å²) < 4.78 is 4.80. The quantitative estimate of drug-likeness (QED) is 0.471. The van der Waals surface area contributed by atoms with Crippen LogP contribution in [0.5, 0.6) is 0 Å². The summed E-state index contributed by atoms with van der Waals surface area (Å²) in [5.41, 5.74) is 1.51. The number of ketones is 1. The number of carbonyl (C=O) groups excluding carboxylic acids is 3. The summed E-state index contributed by atoms with van der Waals surface area (Å²) in [4.78, 5) is 33.7. The van der Waals surface area contributed by atoms with Crippen LogP contribution in [-0.2, 0) is 20.7 Å². The van der Waals surface area contributed by atoms with E-state index in [0.29, 0.717) is 18.5 Å². The lowest BCUT2D eigenvalue weighted by molar-refractivity contribution is -0.136. The van der Waals surface area contributed by atoms with Gasteiger partial charge in [-0.05, 0) is 18.9 Å². The van der Waals surface area contributed by atoms with E-state index in [1.807, 2.05) is 12.1 Å². The maximum atomic E-state index is 11.8. The molecule has 0 fully saturated rings. The molecule has 0 aliphatic rings. The Morgan fingerprint density at radius 2 is 1.86 bits per heavy atom. The summed E-state index contributed by atoms with van der Waals surface area (Å²) in [6.45, 7) is 3.46. The largest absolute Gasteiger partial charge is 0.454 e. The molecule has 21 heavy (non-hydrogen) atoms. The van der Waals surface area contributed by atoms with E-state index >= 15 is 0 Å². The second-order valence-corrected chi connectivity index (χ2v) is 4.46. The number of amides is 1. The lowest BCUT2D eigenvalue weighted by atomic mass is 10.1. The third-order valence-electron chi connectivity index (χ3n) is 2.71. The van der Waals surface area contributed by atoms with Crippen LogP contribution < -0.4 is 5.32 Å². The third-order valence-corrected chi connectivity index (χ3v) is 2.71. The highest BCUT2D eigenvalue weighted by atomic mass is 16.5. The molecule has 1 rings (SSSR count). The second-order valence-electron chi connectivity index (χ2n) is 4.46. The fourth-order valence-corrected chi connectivity index (χ4v) is 1.64. The van der Waals surface area contributed by atoms with Crippen molar-refractivity contribution < 1.29 is 19.1 Å². The van der Waals surface area contributed by atoms with Crippen LogP contribution in [0.2, 0.25) is 0 Å². The van der Waals surface area contributed by atoms with Gasteiger partial charge in [0.25, 0.3) is 0 Å². The fourth-order valence-electron chi connectivity index (χ4n) is 1.64. The Kier molecular flexibility index (Phi) is 6.87. The highest BCUT2D eigenvalue weighted by Crippen LogP contribution is 2.06. The number of esters is 1.